The Morgan fingerprint density at radius 1 is 1.05 bits per heavy atom. The Hall–Kier alpha value is -3.57. The van der Waals surface area contributed by atoms with Gasteiger partial charge >= 0.3 is 18.0 Å². The highest BCUT2D eigenvalue weighted by Gasteiger charge is 2.30. The van der Waals surface area contributed by atoms with Gasteiger partial charge in [-0.25, -0.2) is 5.43 Å². The number of hydrogen-bond donors (Lipinski definition) is 2. The standard InChI is InChI=1S/C25H20BrClF3N3O4/c1-2-36-21-11-15(10-19(26)22(21)37-14-16-6-3-4-9-20(16)27)13-31-33-24(35)23(34)32-18-8-5-7-17(12-18)25(28,29)30/h3-13H,2,14H2,1H3,(H,32,34)(H,33,35)/b31-13+. The van der Waals surface area contributed by atoms with Crippen LogP contribution in [0.5, 0.6) is 11.5 Å². The van der Waals surface area contributed by atoms with Crippen LogP contribution in [0.4, 0.5) is 18.9 Å². The van der Waals surface area contributed by atoms with Crippen LogP contribution in [-0.2, 0) is 22.4 Å². The number of carbonyl (C=O) groups is 2. The number of nitrogens with zero attached hydrogens (tertiary/aromatic N) is 1. The van der Waals surface area contributed by atoms with Gasteiger partial charge in [0.1, 0.15) is 6.61 Å². The number of nitrogens with one attached hydrogen (secondary N) is 2. The zero-order valence-corrected chi connectivity index (χ0v) is 21.6. The summed E-state index contributed by atoms with van der Waals surface area (Å²) < 4.78 is 50.6. The summed E-state index contributed by atoms with van der Waals surface area (Å²) in [4.78, 5) is 24.1. The molecule has 0 aliphatic heterocycles. The van der Waals surface area contributed by atoms with Crippen LogP contribution in [0.25, 0.3) is 0 Å². The molecule has 0 heterocycles. The minimum Gasteiger partial charge on any atom is -0.490 e. The van der Waals surface area contributed by atoms with E-state index in [-0.39, 0.29) is 12.3 Å². The van der Waals surface area contributed by atoms with Crippen LogP contribution in [-0.4, -0.2) is 24.6 Å². The van der Waals surface area contributed by atoms with Gasteiger partial charge in [-0.1, -0.05) is 35.9 Å². The Labute approximate surface area is 223 Å². The first kappa shape index (κ1) is 28.0. The number of benzene rings is 3. The molecule has 0 atom stereocenters. The average Bonchev–Trinajstić information content (AvgIpc) is 2.84. The van der Waals surface area contributed by atoms with Gasteiger partial charge < -0.3 is 14.8 Å². The van der Waals surface area contributed by atoms with Crippen LogP contribution >= 0.6 is 27.5 Å². The van der Waals surface area contributed by atoms with Gasteiger partial charge in [0.05, 0.1) is 22.9 Å². The van der Waals surface area contributed by atoms with E-state index in [1.54, 1.807) is 25.1 Å². The first-order valence-electron chi connectivity index (χ1n) is 10.7. The van der Waals surface area contributed by atoms with E-state index in [4.69, 9.17) is 21.1 Å². The van der Waals surface area contributed by atoms with E-state index < -0.39 is 23.6 Å². The molecular formula is C25H20BrClF3N3O4. The molecule has 0 bridgehead atoms. The van der Waals surface area contributed by atoms with Gasteiger partial charge in [0, 0.05) is 16.3 Å². The zero-order valence-electron chi connectivity index (χ0n) is 19.2. The van der Waals surface area contributed by atoms with Gasteiger partial charge in [-0.15, -0.1) is 0 Å². The minimum absolute atomic E-state index is 0.184. The molecule has 2 amide bonds. The van der Waals surface area contributed by atoms with Crippen LogP contribution in [0.1, 0.15) is 23.6 Å². The third kappa shape index (κ3) is 7.96. The maximum absolute atomic E-state index is 12.8. The molecule has 0 unspecified atom stereocenters. The molecule has 0 aliphatic rings. The summed E-state index contributed by atoms with van der Waals surface area (Å²) in [6.45, 7) is 2.35. The van der Waals surface area contributed by atoms with Gasteiger partial charge in [0.2, 0.25) is 0 Å². The topological polar surface area (TPSA) is 89.0 Å². The number of carbonyl (C=O) groups excluding carboxylic acids is 2. The van der Waals surface area contributed by atoms with Crippen LogP contribution < -0.4 is 20.2 Å². The molecule has 7 nitrogen and oxygen atoms in total. The fraction of sp³-hybridized carbons (Fsp3) is 0.160. The molecule has 3 rings (SSSR count). The first-order chi connectivity index (χ1) is 17.6. The van der Waals surface area contributed by atoms with Crippen molar-refractivity contribution in [3.8, 4) is 11.5 Å². The number of hydrogen-bond acceptors (Lipinski definition) is 5. The lowest BCUT2D eigenvalue weighted by atomic mass is 10.2. The van der Waals surface area contributed by atoms with Crippen molar-refractivity contribution in [2.75, 3.05) is 11.9 Å². The highest BCUT2D eigenvalue weighted by molar-refractivity contribution is 9.10. The molecule has 0 aromatic heterocycles. The van der Waals surface area contributed by atoms with Crippen molar-refractivity contribution in [1.29, 1.82) is 0 Å². The summed E-state index contributed by atoms with van der Waals surface area (Å²) in [6.07, 6.45) is -3.32. The van der Waals surface area contributed by atoms with Crippen molar-refractivity contribution in [3.63, 3.8) is 0 Å². The number of hydrazone groups is 1. The van der Waals surface area contributed by atoms with E-state index >= 15 is 0 Å². The molecule has 3 aromatic carbocycles. The summed E-state index contributed by atoms with van der Waals surface area (Å²) >= 11 is 9.61. The summed E-state index contributed by atoms with van der Waals surface area (Å²) in [5.41, 5.74) is 2.17. The van der Waals surface area contributed by atoms with Crippen molar-refractivity contribution >= 4 is 51.2 Å². The van der Waals surface area contributed by atoms with Crippen LogP contribution in [0, 0.1) is 0 Å². The second kappa shape index (κ2) is 12.6. The molecule has 2 N–H and O–H groups in total. The number of anilines is 1. The second-order valence-electron chi connectivity index (χ2n) is 7.37. The average molecular weight is 599 g/mol. The summed E-state index contributed by atoms with van der Waals surface area (Å²) in [6, 6.07) is 14.4. The van der Waals surface area contributed by atoms with Crippen molar-refractivity contribution in [2.45, 2.75) is 19.7 Å². The molecule has 0 spiro atoms. The van der Waals surface area contributed by atoms with E-state index in [0.29, 0.717) is 33.2 Å². The van der Waals surface area contributed by atoms with E-state index in [1.807, 2.05) is 23.6 Å². The monoisotopic (exact) mass is 597 g/mol. The van der Waals surface area contributed by atoms with Crippen molar-refractivity contribution in [2.24, 2.45) is 5.10 Å². The van der Waals surface area contributed by atoms with Gasteiger partial charge in [-0.2, -0.15) is 18.3 Å². The second-order valence-corrected chi connectivity index (χ2v) is 8.64. The molecule has 0 radical (unpaired) electrons. The van der Waals surface area contributed by atoms with Gasteiger partial charge in [0.25, 0.3) is 0 Å². The highest BCUT2D eigenvalue weighted by Crippen LogP contribution is 2.37. The predicted molar refractivity (Wildman–Crippen MR) is 137 cm³/mol. The number of amides is 2. The maximum Gasteiger partial charge on any atom is 0.416 e. The minimum atomic E-state index is -4.59. The quantitative estimate of drug-likeness (QED) is 0.184. The lowest BCUT2D eigenvalue weighted by Gasteiger charge is -2.15. The van der Waals surface area contributed by atoms with Crippen LogP contribution in [0.3, 0.4) is 0 Å². The lowest BCUT2D eigenvalue weighted by Crippen LogP contribution is -2.32. The van der Waals surface area contributed by atoms with Gasteiger partial charge in [-0.3, -0.25) is 9.59 Å². The van der Waals surface area contributed by atoms with E-state index in [9.17, 15) is 22.8 Å². The molecule has 0 saturated carbocycles. The lowest BCUT2D eigenvalue weighted by molar-refractivity contribution is -0.137. The largest absolute Gasteiger partial charge is 0.490 e. The Morgan fingerprint density at radius 3 is 2.51 bits per heavy atom. The summed E-state index contributed by atoms with van der Waals surface area (Å²) in [7, 11) is 0. The fourth-order valence-corrected chi connectivity index (χ4v) is 3.77. The molecule has 0 saturated heterocycles. The Morgan fingerprint density at radius 2 is 1.81 bits per heavy atom. The molecule has 0 fully saturated rings. The van der Waals surface area contributed by atoms with Gasteiger partial charge in [-0.05, 0) is 64.8 Å². The molecule has 194 valence electrons. The third-order valence-electron chi connectivity index (χ3n) is 4.70. The van der Waals surface area contributed by atoms with E-state index in [0.717, 1.165) is 23.8 Å². The molecule has 12 heteroatoms. The van der Waals surface area contributed by atoms with Gasteiger partial charge in [0.15, 0.2) is 11.5 Å². The van der Waals surface area contributed by atoms with Crippen molar-refractivity contribution < 1.29 is 32.2 Å². The third-order valence-corrected chi connectivity index (χ3v) is 5.65. The summed E-state index contributed by atoms with van der Waals surface area (Å²) in [5, 5.41) is 6.40. The Balaban J connectivity index is 1.65. The number of rotatable bonds is 8. The van der Waals surface area contributed by atoms with E-state index in [1.165, 1.54) is 12.3 Å². The maximum atomic E-state index is 12.8. The fourth-order valence-electron chi connectivity index (χ4n) is 3.01. The molecule has 0 aliphatic carbocycles. The molecule has 37 heavy (non-hydrogen) atoms. The molecule has 3 aromatic rings. The summed E-state index contributed by atoms with van der Waals surface area (Å²) in [5.74, 6) is -1.52. The molecular weight excluding hydrogens is 579 g/mol. The zero-order chi connectivity index (χ0) is 27.0. The van der Waals surface area contributed by atoms with E-state index in [2.05, 4.69) is 26.3 Å². The number of ether oxygens (including phenoxy) is 2. The number of alkyl halides is 3. The Bertz CT molecular complexity index is 1320. The van der Waals surface area contributed by atoms with Crippen LogP contribution in [0.15, 0.2) is 70.2 Å². The Kier molecular flexibility index (Phi) is 9.54. The van der Waals surface area contributed by atoms with Crippen LogP contribution in [0.2, 0.25) is 5.02 Å². The SMILES string of the molecule is CCOc1cc(/C=N/NC(=O)C(=O)Nc2cccc(C(F)(F)F)c2)cc(Br)c1OCc1ccccc1Cl. The van der Waals surface area contributed by atoms with Crippen molar-refractivity contribution in [1.82, 2.24) is 5.43 Å². The number of halogens is 5. The predicted octanol–water partition coefficient (Wildman–Crippen LogP) is 6.19. The van der Waals surface area contributed by atoms with Crippen molar-refractivity contribution in [3.05, 3.63) is 86.8 Å². The normalized spacial score (nSPS) is 11.3. The highest BCUT2D eigenvalue weighted by atomic mass is 79.9. The first-order valence-corrected chi connectivity index (χ1v) is 11.9. The smallest absolute Gasteiger partial charge is 0.416 e.